The highest BCUT2D eigenvalue weighted by atomic mass is 16.7. The van der Waals surface area contributed by atoms with Crippen molar-refractivity contribution >= 4 is 23.5 Å². The van der Waals surface area contributed by atoms with Gasteiger partial charge in [-0.2, -0.15) is 0 Å². The Labute approximate surface area is 117 Å². The fourth-order valence-corrected chi connectivity index (χ4v) is 1.78. The van der Waals surface area contributed by atoms with Crippen LogP contribution in [0, 0.1) is 10.1 Å². The molecule has 1 fully saturated rings. The molecule has 1 N–H and O–H groups in total. The number of imide groups is 1. The molecule has 9 nitrogen and oxygen atoms in total. The summed E-state index contributed by atoms with van der Waals surface area (Å²) in [7, 11) is 0. The molecule has 0 bridgehead atoms. The fourth-order valence-electron chi connectivity index (χ4n) is 1.78. The quantitative estimate of drug-likeness (QED) is 0.485. The summed E-state index contributed by atoms with van der Waals surface area (Å²) in [5, 5.41) is 20.3. The van der Waals surface area contributed by atoms with Gasteiger partial charge in [0, 0.05) is 18.9 Å². The molecule has 110 valence electrons. The van der Waals surface area contributed by atoms with Gasteiger partial charge in [0.25, 0.3) is 11.8 Å². The van der Waals surface area contributed by atoms with Crippen LogP contribution in [0.3, 0.4) is 0 Å². The van der Waals surface area contributed by atoms with E-state index >= 15 is 0 Å². The molecule has 1 aromatic rings. The van der Waals surface area contributed by atoms with Crippen molar-refractivity contribution in [2.75, 3.05) is 0 Å². The van der Waals surface area contributed by atoms with Crippen LogP contribution < -0.4 is 0 Å². The summed E-state index contributed by atoms with van der Waals surface area (Å²) in [5.74, 6) is -2.64. The second-order valence-electron chi connectivity index (χ2n) is 4.30. The summed E-state index contributed by atoms with van der Waals surface area (Å²) >= 11 is 0. The first-order valence-corrected chi connectivity index (χ1v) is 5.91. The Hall–Kier alpha value is -2.97. The molecule has 0 atom stereocenters. The van der Waals surface area contributed by atoms with E-state index in [0.717, 1.165) is 12.1 Å². The Morgan fingerprint density at radius 3 is 2.52 bits per heavy atom. The van der Waals surface area contributed by atoms with Crippen molar-refractivity contribution in [2.45, 2.75) is 19.3 Å². The highest BCUT2D eigenvalue weighted by Gasteiger charge is 2.32. The molecule has 1 aromatic carbocycles. The Kier molecular flexibility index (Phi) is 3.83. The Morgan fingerprint density at radius 1 is 1.33 bits per heavy atom. The molecule has 1 aliphatic rings. The van der Waals surface area contributed by atoms with Crippen molar-refractivity contribution in [3.8, 4) is 5.75 Å². The van der Waals surface area contributed by atoms with Gasteiger partial charge in [-0.15, -0.1) is 5.06 Å². The molecule has 1 aliphatic heterocycles. The van der Waals surface area contributed by atoms with Gasteiger partial charge in [-0.25, -0.2) is 4.79 Å². The van der Waals surface area contributed by atoms with Crippen LogP contribution in [0.15, 0.2) is 18.2 Å². The predicted octanol–water partition coefficient (Wildman–Crippen LogP) is 0.450. The fraction of sp³-hybridized carbons (Fsp3) is 0.250. The number of phenols is 1. The maximum Gasteiger partial charge on any atom is 0.337 e. The van der Waals surface area contributed by atoms with Gasteiger partial charge in [-0.3, -0.25) is 19.7 Å². The van der Waals surface area contributed by atoms with Crippen LogP contribution in [0.25, 0.3) is 0 Å². The molecule has 0 aliphatic carbocycles. The average molecular weight is 294 g/mol. The van der Waals surface area contributed by atoms with Crippen LogP contribution >= 0.6 is 0 Å². The van der Waals surface area contributed by atoms with E-state index in [9.17, 15) is 29.6 Å². The Bertz CT molecular complexity index is 624. The standard InChI is InChI=1S/C12H10N2O7/c15-9-2-1-7(5-8(9)14(19)20)6-12(18)21-13-10(16)3-4-11(13)17/h1-2,5,15H,3-4,6H2. The monoisotopic (exact) mass is 294 g/mol. The molecule has 2 rings (SSSR count). The third kappa shape index (κ3) is 3.14. The first kappa shape index (κ1) is 14.4. The normalized spacial score (nSPS) is 14.4. The number of rotatable bonds is 4. The number of nitro benzene ring substituents is 1. The van der Waals surface area contributed by atoms with Gasteiger partial charge in [-0.05, 0) is 11.6 Å². The van der Waals surface area contributed by atoms with Crippen LogP contribution in [-0.2, 0) is 25.6 Å². The van der Waals surface area contributed by atoms with Gasteiger partial charge in [0.2, 0.25) is 0 Å². The average Bonchev–Trinajstić information content (AvgIpc) is 2.72. The molecule has 1 saturated heterocycles. The van der Waals surface area contributed by atoms with Crippen LogP contribution in [0.1, 0.15) is 18.4 Å². The summed E-state index contributed by atoms with van der Waals surface area (Å²) in [4.78, 5) is 48.7. The van der Waals surface area contributed by atoms with Crippen LogP contribution in [-0.4, -0.2) is 32.9 Å². The number of nitrogens with zero attached hydrogens (tertiary/aromatic N) is 2. The minimum Gasteiger partial charge on any atom is -0.502 e. The molecule has 0 unspecified atom stereocenters. The smallest absolute Gasteiger partial charge is 0.337 e. The number of amides is 2. The third-order valence-corrected chi connectivity index (χ3v) is 2.78. The lowest BCUT2D eigenvalue weighted by Crippen LogP contribution is -2.32. The number of carbonyl (C=O) groups excluding carboxylic acids is 3. The predicted molar refractivity (Wildman–Crippen MR) is 65.6 cm³/mol. The largest absolute Gasteiger partial charge is 0.502 e. The summed E-state index contributed by atoms with van der Waals surface area (Å²) in [6.07, 6.45) is -0.411. The van der Waals surface area contributed by atoms with E-state index in [0.29, 0.717) is 5.06 Å². The van der Waals surface area contributed by atoms with E-state index < -0.39 is 34.1 Å². The summed E-state index contributed by atoms with van der Waals surface area (Å²) in [6, 6.07) is 3.40. The maximum atomic E-state index is 11.6. The van der Waals surface area contributed by atoms with Crippen LogP contribution in [0.4, 0.5) is 5.69 Å². The van der Waals surface area contributed by atoms with Crippen molar-refractivity contribution in [3.05, 3.63) is 33.9 Å². The number of hydroxylamine groups is 2. The SMILES string of the molecule is O=C(Cc1ccc(O)c([N+](=O)[O-])c1)ON1C(=O)CCC1=O. The summed E-state index contributed by atoms with van der Waals surface area (Å²) < 4.78 is 0. The second-order valence-corrected chi connectivity index (χ2v) is 4.30. The number of aromatic hydroxyl groups is 1. The van der Waals surface area contributed by atoms with Gasteiger partial charge >= 0.3 is 11.7 Å². The first-order chi connectivity index (χ1) is 9.88. The molecule has 0 aromatic heterocycles. The van der Waals surface area contributed by atoms with E-state index in [1.807, 2.05) is 0 Å². The van der Waals surface area contributed by atoms with Crippen molar-refractivity contribution in [1.82, 2.24) is 5.06 Å². The van der Waals surface area contributed by atoms with Gasteiger partial charge in [0.05, 0.1) is 11.3 Å². The molecule has 0 spiro atoms. The lowest BCUT2D eigenvalue weighted by molar-refractivity contribution is -0.385. The van der Waals surface area contributed by atoms with Crippen molar-refractivity contribution < 1.29 is 29.3 Å². The molecule has 2 amide bonds. The first-order valence-electron chi connectivity index (χ1n) is 5.91. The zero-order chi connectivity index (χ0) is 15.6. The van der Waals surface area contributed by atoms with E-state index in [1.54, 1.807) is 0 Å². The Morgan fingerprint density at radius 2 is 1.95 bits per heavy atom. The zero-order valence-electron chi connectivity index (χ0n) is 10.6. The lowest BCUT2D eigenvalue weighted by atomic mass is 10.1. The number of nitro groups is 1. The van der Waals surface area contributed by atoms with E-state index in [-0.39, 0.29) is 24.8 Å². The molecular formula is C12H10N2O7. The Balaban J connectivity index is 2.06. The number of benzene rings is 1. The van der Waals surface area contributed by atoms with Crippen molar-refractivity contribution in [3.63, 3.8) is 0 Å². The van der Waals surface area contributed by atoms with Gasteiger partial charge < -0.3 is 9.94 Å². The molecule has 21 heavy (non-hydrogen) atoms. The molecule has 0 saturated carbocycles. The van der Waals surface area contributed by atoms with Gasteiger partial charge in [0.1, 0.15) is 0 Å². The summed E-state index contributed by atoms with van der Waals surface area (Å²) in [5.41, 5.74) is -0.336. The molecule has 1 heterocycles. The van der Waals surface area contributed by atoms with Crippen molar-refractivity contribution in [1.29, 1.82) is 0 Å². The topological polar surface area (TPSA) is 127 Å². The van der Waals surface area contributed by atoms with Gasteiger partial charge in [0.15, 0.2) is 5.75 Å². The minimum atomic E-state index is -0.904. The minimum absolute atomic E-state index is 0.0171. The molecular weight excluding hydrogens is 284 g/mol. The van der Waals surface area contributed by atoms with Gasteiger partial charge in [-0.1, -0.05) is 6.07 Å². The van der Waals surface area contributed by atoms with E-state index in [4.69, 9.17) is 0 Å². The lowest BCUT2D eigenvalue weighted by Gasteiger charge is -2.12. The molecule has 9 heteroatoms. The van der Waals surface area contributed by atoms with Crippen LogP contribution in [0.5, 0.6) is 5.75 Å². The number of hydrogen-bond acceptors (Lipinski definition) is 7. The molecule has 0 radical (unpaired) electrons. The van der Waals surface area contributed by atoms with Crippen LogP contribution in [0.2, 0.25) is 0 Å². The third-order valence-electron chi connectivity index (χ3n) is 2.78. The number of hydrogen-bond donors (Lipinski definition) is 1. The van der Waals surface area contributed by atoms with E-state index in [1.165, 1.54) is 6.07 Å². The number of carbonyl (C=O) groups is 3. The zero-order valence-corrected chi connectivity index (χ0v) is 10.6. The highest BCUT2D eigenvalue weighted by molar-refractivity contribution is 6.01. The maximum absolute atomic E-state index is 11.6. The highest BCUT2D eigenvalue weighted by Crippen LogP contribution is 2.26. The number of phenolic OH excluding ortho intramolecular Hbond substituents is 1. The second kappa shape index (κ2) is 5.57. The van der Waals surface area contributed by atoms with Crippen molar-refractivity contribution in [2.24, 2.45) is 0 Å². The van der Waals surface area contributed by atoms with E-state index in [2.05, 4.69) is 4.84 Å². The summed E-state index contributed by atoms with van der Waals surface area (Å²) in [6.45, 7) is 0.